The fraction of sp³-hybridized carbons (Fsp3) is 0.455. The monoisotopic (exact) mass is 551 g/mol. The lowest BCUT2D eigenvalue weighted by atomic mass is 9.97. The minimum Gasteiger partial charge on any atom is -0.373 e. The number of carbonyl (C=O) groups is 1. The molecule has 1 aromatic carbocycles. The van der Waals surface area contributed by atoms with Gasteiger partial charge in [-0.2, -0.15) is 0 Å². The first-order valence-electron chi connectivity index (χ1n) is 14.1. The molecule has 40 heavy (non-hydrogen) atoms. The minimum absolute atomic E-state index is 0.0469. The highest BCUT2D eigenvalue weighted by atomic mass is 19.1. The molecule has 1 aromatic heterocycles. The average Bonchev–Trinajstić information content (AvgIpc) is 2.94. The number of carbonyl (C=O) groups excluding carboxylic acids is 1. The molecule has 6 nitrogen and oxygen atoms in total. The normalized spacial score (nSPS) is 15.8. The fourth-order valence-corrected chi connectivity index (χ4v) is 4.16. The molecule has 3 rings (SSSR count). The molecule has 220 valence electrons. The number of rotatable bonds is 9. The van der Waals surface area contributed by atoms with E-state index in [1.807, 2.05) is 77.6 Å². The largest absolute Gasteiger partial charge is 0.373 e. The van der Waals surface area contributed by atoms with Crippen molar-refractivity contribution in [1.82, 2.24) is 19.7 Å². The highest BCUT2D eigenvalue weighted by molar-refractivity contribution is 5.93. The molecule has 1 aliphatic rings. The first-order valence-corrected chi connectivity index (χ1v) is 14.1. The summed E-state index contributed by atoms with van der Waals surface area (Å²) in [6, 6.07) is 13.3. The molecule has 0 spiro atoms. The summed E-state index contributed by atoms with van der Waals surface area (Å²) in [5, 5.41) is 3.04. The summed E-state index contributed by atoms with van der Waals surface area (Å²) in [5.41, 5.74) is 5.02. The van der Waals surface area contributed by atoms with Crippen LogP contribution < -0.4 is 5.32 Å². The first kappa shape index (κ1) is 34.7. The van der Waals surface area contributed by atoms with Crippen molar-refractivity contribution in [2.45, 2.75) is 39.8 Å². The van der Waals surface area contributed by atoms with Gasteiger partial charge in [-0.05, 0) is 75.8 Å². The van der Waals surface area contributed by atoms with Crippen LogP contribution in [0.15, 0.2) is 78.5 Å². The highest BCUT2D eigenvalue weighted by Crippen LogP contribution is 2.25. The molecular formula is C33H50FN5O. The minimum atomic E-state index is -0.693. The Morgan fingerprint density at radius 1 is 1.12 bits per heavy atom. The number of aromatic nitrogens is 1. The van der Waals surface area contributed by atoms with Gasteiger partial charge in [0.05, 0.1) is 0 Å². The number of anilines is 1. The molecule has 0 saturated carbocycles. The number of allylic oxidation sites excluding steroid dienone is 3. The number of halogens is 1. The SMILES string of the molecule is C=C(/C=C(\C)CN1CCCC(F)C1)/C(=C\CN(C)C)c1ccc(NC)nc1.CC.CN(C)C(=O)c1ccccc1. The predicted octanol–water partition coefficient (Wildman–Crippen LogP) is 6.42. The number of nitrogens with one attached hydrogen (secondary N) is 1. The van der Waals surface area contributed by atoms with E-state index in [4.69, 9.17) is 0 Å². The molecule has 0 aliphatic carbocycles. The summed E-state index contributed by atoms with van der Waals surface area (Å²) in [6.07, 6.45) is 7.11. The standard InChI is InChI=1S/C22H33FN4.C9H11NO.C2H6/c1-17(15-27-11-6-7-20(23)16-27)13-18(2)21(10-12-26(4)5)19-8-9-22(24-3)25-14-19;1-10(2)9(11)8-6-4-3-5-7-8;1-2/h8-10,13-14,20H,2,6-7,11-12,15-16H2,1,3-5H3,(H,24,25);3-7H,1-2H3;1-2H3/b17-13+,21-10+;;. The van der Waals surface area contributed by atoms with Gasteiger partial charge in [-0.1, -0.05) is 56.4 Å². The number of nitrogens with zero attached hydrogens (tertiary/aromatic N) is 4. The van der Waals surface area contributed by atoms with Crippen molar-refractivity contribution < 1.29 is 9.18 Å². The van der Waals surface area contributed by atoms with Crippen LogP contribution in [0.3, 0.4) is 0 Å². The Morgan fingerprint density at radius 3 is 2.33 bits per heavy atom. The zero-order valence-corrected chi connectivity index (χ0v) is 25.9. The summed E-state index contributed by atoms with van der Waals surface area (Å²) in [4.78, 5) is 21.6. The predicted molar refractivity (Wildman–Crippen MR) is 170 cm³/mol. The van der Waals surface area contributed by atoms with Gasteiger partial charge in [0, 0.05) is 58.1 Å². The Hall–Kier alpha value is -3.29. The Bertz CT molecular complexity index is 1080. The molecule has 1 N–H and O–H groups in total. The van der Waals surface area contributed by atoms with Crippen molar-refractivity contribution in [3.8, 4) is 0 Å². The molecule has 1 aliphatic heterocycles. The topological polar surface area (TPSA) is 51.7 Å². The maximum Gasteiger partial charge on any atom is 0.253 e. The van der Waals surface area contributed by atoms with Crippen LogP contribution in [0.25, 0.3) is 5.57 Å². The Labute approximate surface area is 242 Å². The summed E-state index contributed by atoms with van der Waals surface area (Å²) < 4.78 is 13.6. The maximum atomic E-state index is 13.6. The fourth-order valence-electron chi connectivity index (χ4n) is 4.16. The number of pyridine rings is 1. The van der Waals surface area contributed by atoms with Crippen LogP contribution in [-0.4, -0.2) is 93.2 Å². The third kappa shape index (κ3) is 12.7. The van der Waals surface area contributed by atoms with Crippen molar-refractivity contribution in [3.63, 3.8) is 0 Å². The molecule has 1 atom stereocenters. The van der Waals surface area contributed by atoms with Crippen LogP contribution in [0.5, 0.6) is 0 Å². The highest BCUT2D eigenvalue weighted by Gasteiger charge is 2.19. The van der Waals surface area contributed by atoms with Crippen LogP contribution in [0.1, 0.15) is 49.5 Å². The van der Waals surface area contributed by atoms with Crippen LogP contribution >= 0.6 is 0 Å². The molecule has 1 amide bonds. The molecular weight excluding hydrogens is 501 g/mol. The van der Waals surface area contributed by atoms with Crippen LogP contribution in [0, 0.1) is 0 Å². The number of piperidine rings is 1. The van der Waals surface area contributed by atoms with E-state index in [0.29, 0.717) is 13.0 Å². The molecule has 2 aromatic rings. The Balaban J connectivity index is 0.000000512. The molecule has 1 fully saturated rings. The second-order valence-corrected chi connectivity index (χ2v) is 10.1. The van der Waals surface area contributed by atoms with Gasteiger partial charge in [0.1, 0.15) is 12.0 Å². The quantitative estimate of drug-likeness (QED) is 0.365. The summed E-state index contributed by atoms with van der Waals surface area (Å²) >= 11 is 0. The van der Waals surface area contributed by atoms with Crippen LogP contribution in [-0.2, 0) is 0 Å². The second-order valence-electron chi connectivity index (χ2n) is 10.1. The van der Waals surface area contributed by atoms with Gasteiger partial charge in [0.2, 0.25) is 0 Å². The Morgan fingerprint density at radius 2 is 1.80 bits per heavy atom. The molecule has 0 radical (unpaired) electrons. The van der Waals surface area contributed by atoms with Gasteiger partial charge in [-0.25, -0.2) is 9.37 Å². The smallest absolute Gasteiger partial charge is 0.253 e. The number of amides is 1. The number of hydrogen-bond acceptors (Lipinski definition) is 5. The zero-order valence-electron chi connectivity index (χ0n) is 25.9. The molecule has 0 bridgehead atoms. The van der Waals surface area contributed by atoms with Gasteiger partial charge >= 0.3 is 0 Å². The maximum absolute atomic E-state index is 13.6. The average molecular weight is 552 g/mol. The first-order chi connectivity index (χ1) is 19.1. The van der Waals surface area contributed by atoms with Crippen molar-refractivity contribution >= 4 is 17.3 Å². The lowest BCUT2D eigenvalue weighted by molar-refractivity contribution is 0.0827. The van der Waals surface area contributed by atoms with E-state index >= 15 is 0 Å². The van der Waals surface area contributed by atoms with E-state index < -0.39 is 6.17 Å². The van der Waals surface area contributed by atoms with E-state index in [2.05, 4.69) is 51.8 Å². The number of likely N-dealkylation sites (N-methyl/N-ethyl adjacent to an activating group) is 1. The Kier molecular flexibility index (Phi) is 16.4. The van der Waals surface area contributed by atoms with Gasteiger partial charge < -0.3 is 15.1 Å². The van der Waals surface area contributed by atoms with Gasteiger partial charge in [-0.15, -0.1) is 0 Å². The van der Waals surface area contributed by atoms with Gasteiger partial charge in [0.25, 0.3) is 5.91 Å². The van der Waals surface area contributed by atoms with E-state index in [1.165, 1.54) is 5.57 Å². The number of benzene rings is 1. The summed E-state index contributed by atoms with van der Waals surface area (Å²) in [5.74, 6) is 0.888. The third-order valence-electron chi connectivity index (χ3n) is 6.11. The lowest BCUT2D eigenvalue weighted by Gasteiger charge is -2.29. The lowest BCUT2D eigenvalue weighted by Crippen LogP contribution is -2.37. The third-order valence-corrected chi connectivity index (χ3v) is 6.11. The summed E-state index contributed by atoms with van der Waals surface area (Å²) in [6.45, 7) is 13.5. The van der Waals surface area contributed by atoms with Gasteiger partial charge in [-0.3, -0.25) is 9.69 Å². The van der Waals surface area contributed by atoms with E-state index in [-0.39, 0.29) is 5.91 Å². The van der Waals surface area contributed by atoms with Crippen molar-refractivity contribution in [2.75, 3.05) is 66.7 Å². The number of hydrogen-bond donors (Lipinski definition) is 1. The zero-order chi connectivity index (χ0) is 30.1. The van der Waals surface area contributed by atoms with Crippen molar-refractivity contribution in [3.05, 3.63) is 89.7 Å². The molecule has 7 heteroatoms. The number of likely N-dealkylation sites (tertiary alicyclic amines) is 1. The van der Waals surface area contributed by atoms with Crippen LogP contribution in [0.4, 0.5) is 10.2 Å². The van der Waals surface area contributed by atoms with E-state index in [9.17, 15) is 9.18 Å². The molecule has 1 unspecified atom stereocenters. The molecule has 2 heterocycles. The van der Waals surface area contributed by atoms with E-state index in [1.54, 1.807) is 19.0 Å². The van der Waals surface area contributed by atoms with Crippen molar-refractivity contribution in [2.24, 2.45) is 0 Å². The summed E-state index contributed by atoms with van der Waals surface area (Å²) in [7, 11) is 9.44. The van der Waals surface area contributed by atoms with Crippen LogP contribution in [0.2, 0.25) is 0 Å². The second kappa shape index (κ2) is 18.9. The number of alkyl halides is 1. The molecule has 1 saturated heterocycles. The van der Waals surface area contributed by atoms with E-state index in [0.717, 1.165) is 54.1 Å². The van der Waals surface area contributed by atoms with Crippen molar-refractivity contribution in [1.29, 1.82) is 0 Å². The van der Waals surface area contributed by atoms with Gasteiger partial charge in [0.15, 0.2) is 0 Å².